The number of furan rings is 1. The maximum Gasteiger partial charge on any atom is 0.159 e. The lowest BCUT2D eigenvalue weighted by molar-refractivity contribution is 0.595. The Hall–Kier alpha value is -2.74. The molecular formula is C22H21NO. The Bertz CT molecular complexity index is 1290. The van der Waals surface area contributed by atoms with Crippen LogP contribution in [-0.2, 0) is 5.41 Å². The molecule has 0 unspecified atom stereocenters. The van der Waals surface area contributed by atoms with Crippen molar-refractivity contribution in [1.29, 1.82) is 0 Å². The molecule has 1 heterocycles. The van der Waals surface area contributed by atoms with Crippen molar-refractivity contribution in [2.45, 2.75) is 26.2 Å². The standard InChI is InChI=1S/C22H21NO/c1-22(2,3)17-13-16(14-9-5-4-6-10-14)20(23)21-19(17)15-11-7-8-12-18(15)24-21/h4-13H,23H2,1-3H3/i7D,8D,11D,12D,13D. The van der Waals surface area contributed by atoms with Gasteiger partial charge in [0, 0.05) is 16.3 Å². The first-order valence-electron chi connectivity index (χ1n) is 10.4. The van der Waals surface area contributed by atoms with Gasteiger partial charge < -0.3 is 10.2 Å². The van der Waals surface area contributed by atoms with Gasteiger partial charge in [0.1, 0.15) is 5.58 Å². The quantitative estimate of drug-likeness (QED) is 0.428. The number of hydrogen-bond donors (Lipinski definition) is 1. The van der Waals surface area contributed by atoms with Gasteiger partial charge in [-0.2, -0.15) is 0 Å². The summed E-state index contributed by atoms with van der Waals surface area (Å²) in [6, 6.07) is 8.50. The lowest BCUT2D eigenvalue weighted by atomic mass is 9.82. The molecule has 3 aromatic carbocycles. The molecule has 0 saturated heterocycles. The lowest BCUT2D eigenvalue weighted by Gasteiger charge is -2.22. The molecule has 0 radical (unpaired) electrons. The Morgan fingerprint density at radius 1 is 1.04 bits per heavy atom. The Kier molecular flexibility index (Phi) is 2.18. The molecule has 0 atom stereocenters. The lowest BCUT2D eigenvalue weighted by Crippen LogP contribution is -2.12. The van der Waals surface area contributed by atoms with E-state index in [0.29, 0.717) is 22.1 Å². The summed E-state index contributed by atoms with van der Waals surface area (Å²) >= 11 is 0. The van der Waals surface area contributed by atoms with Gasteiger partial charge in [-0.15, -0.1) is 0 Å². The summed E-state index contributed by atoms with van der Waals surface area (Å²) in [5.74, 6) is 0. The maximum atomic E-state index is 8.98. The SMILES string of the molecule is [2H]c1c([2H])c([2H])c2c(oc3c(N)c(-c4ccccc4)c([2H])c(C(C)(C)C)c32)c1[2H]. The number of nitrogens with two attached hydrogens (primary N) is 1. The van der Waals surface area contributed by atoms with Crippen LogP contribution < -0.4 is 5.73 Å². The third-order valence-corrected chi connectivity index (χ3v) is 4.16. The molecule has 2 N–H and O–H groups in total. The van der Waals surface area contributed by atoms with Crippen LogP contribution in [0.25, 0.3) is 33.1 Å². The third kappa shape index (κ3) is 2.18. The second kappa shape index (κ2) is 5.13. The summed E-state index contributed by atoms with van der Waals surface area (Å²) < 4.78 is 47.7. The number of rotatable bonds is 1. The molecule has 0 aliphatic carbocycles. The largest absolute Gasteiger partial charge is 0.454 e. The van der Waals surface area contributed by atoms with Crippen LogP contribution in [-0.4, -0.2) is 0 Å². The Morgan fingerprint density at radius 3 is 2.46 bits per heavy atom. The van der Waals surface area contributed by atoms with E-state index in [1.54, 1.807) is 0 Å². The number of fused-ring (bicyclic) bond motifs is 3. The van der Waals surface area contributed by atoms with Gasteiger partial charge in [0.2, 0.25) is 0 Å². The number of para-hydroxylation sites is 1. The van der Waals surface area contributed by atoms with Crippen molar-refractivity contribution >= 4 is 27.6 Å². The van der Waals surface area contributed by atoms with Crippen molar-refractivity contribution in [3.8, 4) is 11.1 Å². The number of anilines is 1. The highest BCUT2D eigenvalue weighted by molar-refractivity contribution is 6.13. The van der Waals surface area contributed by atoms with E-state index in [2.05, 4.69) is 0 Å². The summed E-state index contributed by atoms with van der Waals surface area (Å²) in [5.41, 5.74) is 8.57. The summed E-state index contributed by atoms with van der Waals surface area (Å²) in [4.78, 5) is 0. The Labute approximate surface area is 148 Å². The monoisotopic (exact) mass is 320 g/mol. The van der Waals surface area contributed by atoms with Crippen LogP contribution in [0.1, 0.15) is 33.2 Å². The molecular weight excluding hydrogens is 294 g/mol. The minimum absolute atomic E-state index is 0.0628. The van der Waals surface area contributed by atoms with E-state index in [1.165, 1.54) is 0 Å². The first kappa shape index (κ1) is 10.2. The predicted octanol–water partition coefficient (Wildman–Crippen LogP) is 6.13. The zero-order valence-corrected chi connectivity index (χ0v) is 13.9. The van der Waals surface area contributed by atoms with Crippen LogP contribution >= 0.6 is 0 Å². The minimum Gasteiger partial charge on any atom is -0.454 e. The van der Waals surface area contributed by atoms with Crippen LogP contribution in [0.15, 0.2) is 65.0 Å². The molecule has 24 heavy (non-hydrogen) atoms. The normalized spacial score (nSPS) is 15.0. The summed E-state index contributed by atoms with van der Waals surface area (Å²) in [7, 11) is 0. The van der Waals surface area contributed by atoms with Gasteiger partial charge in [-0.3, -0.25) is 0 Å². The first-order valence-corrected chi connectivity index (χ1v) is 7.86. The summed E-state index contributed by atoms with van der Waals surface area (Å²) in [6.07, 6.45) is 0. The molecule has 0 bridgehead atoms. The first-order chi connectivity index (χ1) is 13.6. The summed E-state index contributed by atoms with van der Waals surface area (Å²) in [5, 5.41) is 0.761. The Morgan fingerprint density at radius 2 is 1.75 bits per heavy atom. The fourth-order valence-corrected chi connectivity index (χ4v) is 3.01. The fourth-order valence-electron chi connectivity index (χ4n) is 3.01. The highest BCUT2D eigenvalue weighted by atomic mass is 16.3. The molecule has 0 amide bonds. The van der Waals surface area contributed by atoms with Crippen molar-refractivity contribution in [1.82, 2.24) is 0 Å². The van der Waals surface area contributed by atoms with E-state index in [4.69, 9.17) is 17.0 Å². The molecule has 2 nitrogen and oxygen atoms in total. The fraction of sp³-hybridized carbons (Fsp3) is 0.182. The molecule has 120 valence electrons. The van der Waals surface area contributed by atoms with E-state index >= 15 is 0 Å². The number of benzene rings is 3. The van der Waals surface area contributed by atoms with Crippen molar-refractivity contribution in [3.63, 3.8) is 0 Å². The molecule has 0 saturated carbocycles. The maximum absolute atomic E-state index is 8.98. The molecule has 1 aromatic heterocycles. The van der Waals surface area contributed by atoms with E-state index in [1.807, 2.05) is 51.1 Å². The minimum atomic E-state index is -0.486. The van der Waals surface area contributed by atoms with E-state index in [-0.39, 0.29) is 46.9 Å². The summed E-state index contributed by atoms with van der Waals surface area (Å²) in [6.45, 7) is 5.90. The zero-order chi connectivity index (χ0) is 21.2. The zero-order valence-electron chi connectivity index (χ0n) is 18.9. The second-order valence-electron chi connectivity index (χ2n) is 6.92. The van der Waals surface area contributed by atoms with E-state index in [0.717, 1.165) is 5.56 Å². The van der Waals surface area contributed by atoms with Gasteiger partial charge in [-0.25, -0.2) is 0 Å². The van der Waals surface area contributed by atoms with Gasteiger partial charge in [0.15, 0.2) is 5.58 Å². The smallest absolute Gasteiger partial charge is 0.159 e. The molecule has 0 fully saturated rings. The second-order valence-corrected chi connectivity index (χ2v) is 6.92. The van der Waals surface area contributed by atoms with Crippen molar-refractivity contribution < 1.29 is 11.3 Å². The van der Waals surface area contributed by atoms with Gasteiger partial charge in [-0.1, -0.05) is 69.2 Å². The number of hydrogen-bond acceptors (Lipinski definition) is 2. The predicted molar refractivity (Wildman–Crippen MR) is 102 cm³/mol. The van der Waals surface area contributed by atoms with Gasteiger partial charge >= 0.3 is 0 Å². The molecule has 2 heteroatoms. The van der Waals surface area contributed by atoms with Crippen LogP contribution in [0, 0.1) is 0 Å². The topological polar surface area (TPSA) is 39.2 Å². The van der Waals surface area contributed by atoms with E-state index < -0.39 is 5.41 Å². The molecule has 0 aliphatic heterocycles. The van der Waals surface area contributed by atoms with Crippen LogP contribution in [0.5, 0.6) is 0 Å². The van der Waals surface area contributed by atoms with Gasteiger partial charge in [-0.05, 0) is 28.6 Å². The molecule has 4 rings (SSSR count). The van der Waals surface area contributed by atoms with Crippen LogP contribution in [0.2, 0.25) is 0 Å². The highest BCUT2D eigenvalue weighted by Crippen LogP contribution is 2.43. The average molecular weight is 320 g/mol. The third-order valence-electron chi connectivity index (χ3n) is 4.16. The van der Waals surface area contributed by atoms with Gasteiger partial charge in [0.05, 0.1) is 12.5 Å². The molecule has 4 aromatic rings. The van der Waals surface area contributed by atoms with Gasteiger partial charge in [0.25, 0.3) is 0 Å². The van der Waals surface area contributed by atoms with Crippen LogP contribution in [0.4, 0.5) is 5.69 Å². The van der Waals surface area contributed by atoms with Crippen molar-refractivity contribution in [2.75, 3.05) is 5.73 Å². The van der Waals surface area contributed by atoms with E-state index in [9.17, 15) is 0 Å². The van der Waals surface area contributed by atoms with Crippen molar-refractivity contribution in [2.24, 2.45) is 0 Å². The number of nitrogen functional groups attached to an aromatic ring is 1. The molecule has 0 aliphatic rings. The average Bonchev–Trinajstić information content (AvgIpc) is 3.05. The molecule has 0 spiro atoms. The highest BCUT2D eigenvalue weighted by Gasteiger charge is 2.24. The van der Waals surface area contributed by atoms with Crippen LogP contribution in [0.3, 0.4) is 0 Å². The van der Waals surface area contributed by atoms with Crippen molar-refractivity contribution in [3.05, 3.63) is 66.1 Å². The Balaban J connectivity index is 2.33.